The molecule has 0 aliphatic rings. The van der Waals surface area contributed by atoms with Crippen LogP contribution in [0.2, 0.25) is 5.02 Å². The molecule has 0 atom stereocenters. The highest BCUT2D eigenvalue weighted by molar-refractivity contribution is 7.99. The highest BCUT2D eigenvalue weighted by Gasteiger charge is 2.06. The highest BCUT2D eigenvalue weighted by atomic mass is 35.5. The van der Waals surface area contributed by atoms with Crippen LogP contribution in [0.1, 0.15) is 5.56 Å². The van der Waals surface area contributed by atoms with E-state index in [0.29, 0.717) is 17.2 Å². The molecule has 0 aliphatic heterocycles. The predicted molar refractivity (Wildman–Crippen MR) is 77.9 cm³/mol. The maximum absolute atomic E-state index is 8.83. The van der Waals surface area contributed by atoms with E-state index < -0.39 is 0 Å². The molecule has 19 heavy (non-hydrogen) atoms. The summed E-state index contributed by atoms with van der Waals surface area (Å²) in [6.07, 6.45) is 0.411. The van der Waals surface area contributed by atoms with Gasteiger partial charge in [0.2, 0.25) is 0 Å². The van der Waals surface area contributed by atoms with Crippen LogP contribution in [-0.4, -0.2) is 7.11 Å². The molecule has 0 radical (unpaired) electrons. The van der Waals surface area contributed by atoms with Gasteiger partial charge in [0.05, 0.1) is 24.6 Å². The van der Waals surface area contributed by atoms with Crippen molar-refractivity contribution < 1.29 is 4.74 Å². The largest absolute Gasteiger partial charge is 0.495 e. The van der Waals surface area contributed by atoms with Gasteiger partial charge >= 0.3 is 0 Å². The molecule has 96 valence electrons. The van der Waals surface area contributed by atoms with Crippen molar-refractivity contribution in [3.8, 4) is 11.8 Å². The molecule has 2 nitrogen and oxygen atoms in total. The lowest BCUT2D eigenvalue weighted by Crippen LogP contribution is -1.87. The maximum atomic E-state index is 8.83. The van der Waals surface area contributed by atoms with Crippen molar-refractivity contribution in [2.75, 3.05) is 7.11 Å². The van der Waals surface area contributed by atoms with E-state index in [0.717, 1.165) is 15.4 Å². The first kappa shape index (κ1) is 13.8. The van der Waals surface area contributed by atoms with Gasteiger partial charge in [-0.2, -0.15) is 5.26 Å². The molecule has 0 bridgehead atoms. The third kappa shape index (κ3) is 3.44. The predicted octanol–water partition coefficient (Wildman–Crippen LogP) is 4.57. The van der Waals surface area contributed by atoms with Gasteiger partial charge in [-0.15, -0.1) is 0 Å². The smallest absolute Gasteiger partial charge is 0.138 e. The van der Waals surface area contributed by atoms with Crippen LogP contribution < -0.4 is 4.74 Å². The quantitative estimate of drug-likeness (QED) is 0.827. The molecule has 0 amide bonds. The first-order chi connectivity index (χ1) is 9.24. The normalized spacial score (nSPS) is 9.95. The first-order valence-electron chi connectivity index (χ1n) is 5.71. The third-order valence-electron chi connectivity index (χ3n) is 2.59. The molecule has 0 fully saturated rings. The zero-order valence-electron chi connectivity index (χ0n) is 10.4. The third-order valence-corrected chi connectivity index (χ3v) is 4.01. The van der Waals surface area contributed by atoms with Gasteiger partial charge in [0, 0.05) is 9.79 Å². The van der Waals surface area contributed by atoms with Gasteiger partial charge in [0.25, 0.3) is 0 Å². The van der Waals surface area contributed by atoms with E-state index in [1.54, 1.807) is 18.9 Å². The van der Waals surface area contributed by atoms with Crippen LogP contribution in [0.3, 0.4) is 0 Å². The molecular formula is C15H12ClNOS. The van der Waals surface area contributed by atoms with Gasteiger partial charge in [-0.1, -0.05) is 41.6 Å². The number of methoxy groups -OCH3 is 1. The number of hydrogen-bond donors (Lipinski definition) is 0. The summed E-state index contributed by atoms with van der Waals surface area (Å²) < 4.78 is 5.20. The maximum Gasteiger partial charge on any atom is 0.138 e. The second kappa shape index (κ2) is 6.51. The Hall–Kier alpha value is -1.63. The van der Waals surface area contributed by atoms with Gasteiger partial charge in [-0.25, -0.2) is 0 Å². The second-order valence-electron chi connectivity index (χ2n) is 3.84. The zero-order chi connectivity index (χ0) is 13.7. The molecule has 0 unspecified atom stereocenters. The van der Waals surface area contributed by atoms with E-state index in [1.807, 2.05) is 42.5 Å². The van der Waals surface area contributed by atoms with Gasteiger partial charge in [-0.05, 0) is 29.8 Å². The van der Waals surface area contributed by atoms with Crippen LogP contribution >= 0.6 is 23.4 Å². The lowest BCUT2D eigenvalue weighted by molar-refractivity contribution is 0.414. The molecule has 2 aromatic carbocycles. The van der Waals surface area contributed by atoms with E-state index in [4.69, 9.17) is 21.6 Å². The Balaban J connectivity index is 2.29. The Morgan fingerprint density at radius 2 is 2.05 bits per heavy atom. The molecule has 0 spiro atoms. The molecule has 0 aromatic heterocycles. The van der Waals surface area contributed by atoms with Crippen LogP contribution in [0, 0.1) is 11.3 Å². The van der Waals surface area contributed by atoms with Crippen molar-refractivity contribution in [1.82, 2.24) is 0 Å². The Morgan fingerprint density at radius 3 is 2.79 bits per heavy atom. The number of halogens is 1. The van der Waals surface area contributed by atoms with Crippen molar-refractivity contribution in [3.63, 3.8) is 0 Å². The van der Waals surface area contributed by atoms with Crippen molar-refractivity contribution in [2.45, 2.75) is 16.2 Å². The molecule has 4 heteroatoms. The molecule has 2 rings (SSSR count). The lowest BCUT2D eigenvalue weighted by atomic mass is 10.2. The summed E-state index contributed by atoms with van der Waals surface area (Å²) >= 11 is 7.61. The topological polar surface area (TPSA) is 33.0 Å². The Morgan fingerprint density at radius 1 is 1.26 bits per heavy atom. The summed E-state index contributed by atoms with van der Waals surface area (Å²) in [6.45, 7) is 0. The van der Waals surface area contributed by atoms with Gasteiger partial charge in [0.1, 0.15) is 5.75 Å². The summed E-state index contributed by atoms with van der Waals surface area (Å²) in [6, 6.07) is 15.7. The van der Waals surface area contributed by atoms with Crippen LogP contribution in [0.5, 0.6) is 5.75 Å². The minimum atomic E-state index is 0.411. The second-order valence-corrected chi connectivity index (χ2v) is 5.36. The SMILES string of the molecule is COc1cc(Sc2ccccc2CC#N)ccc1Cl. The molecule has 0 N–H and O–H groups in total. The van der Waals surface area contributed by atoms with E-state index in [1.165, 1.54) is 0 Å². The van der Waals surface area contributed by atoms with Crippen molar-refractivity contribution in [3.05, 3.63) is 53.1 Å². The fourth-order valence-corrected chi connectivity index (χ4v) is 2.83. The van der Waals surface area contributed by atoms with Crippen molar-refractivity contribution >= 4 is 23.4 Å². The Bertz CT molecular complexity index is 622. The fraction of sp³-hybridized carbons (Fsp3) is 0.133. The first-order valence-corrected chi connectivity index (χ1v) is 6.90. The number of rotatable bonds is 4. The summed E-state index contributed by atoms with van der Waals surface area (Å²) in [5.41, 5.74) is 1.03. The van der Waals surface area contributed by atoms with E-state index in [2.05, 4.69) is 6.07 Å². The van der Waals surface area contributed by atoms with Gasteiger partial charge in [0.15, 0.2) is 0 Å². The summed E-state index contributed by atoms with van der Waals surface area (Å²) in [5.74, 6) is 0.657. The molecule has 2 aromatic rings. The fourth-order valence-electron chi connectivity index (χ4n) is 1.67. The lowest BCUT2D eigenvalue weighted by Gasteiger charge is -2.08. The number of ether oxygens (including phenoxy) is 1. The Labute approximate surface area is 122 Å². The summed E-state index contributed by atoms with van der Waals surface area (Å²) in [5, 5.41) is 9.43. The van der Waals surface area contributed by atoms with Gasteiger partial charge in [-0.3, -0.25) is 0 Å². The molecular weight excluding hydrogens is 278 g/mol. The minimum Gasteiger partial charge on any atom is -0.495 e. The number of benzene rings is 2. The highest BCUT2D eigenvalue weighted by Crippen LogP contribution is 2.35. The monoisotopic (exact) mass is 289 g/mol. The molecule has 0 saturated carbocycles. The van der Waals surface area contributed by atoms with Crippen molar-refractivity contribution in [1.29, 1.82) is 5.26 Å². The molecule has 0 aliphatic carbocycles. The zero-order valence-corrected chi connectivity index (χ0v) is 12.0. The van der Waals surface area contributed by atoms with E-state index in [9.17, 15) is 0 Å². The summed E-state index contributed by atoms with van der Waals surface area (Å²) in [7, 11) is 1.60. The standard InChI is InChI=1S/C15H12ClNOS/c1-18-14-10-12(6-7-13(14)16)19-15-5-3-2-4-11(15)8-9-17/h2-7,10H,8H2,1H3. The average Bonchev–Trinajstić information content (AvgIpc) is 2.43. The van der Waals surface area contributed by atoms with Crippen LogP contribution in [0.25, 0.3) is 0 Å². The number of nitrogens with zero attached hydrogens (tertiary/aromatic N) is 1. The van der Waals surface area contributed by atoms with Crippen LogP contribution in [0.15, 0.2) is 52.3 Å². The molecule has 0 saturated heterocycles. The van der Waals surface area contributed by atoms with Crippen LogP contribution in [0.4, 0.5) is 0 Å². The van der Waals surface area contributed by atoms with Crippen molar-refractivity contribution in [2.24, 2.45) is 0 Å². The van der Waals surface area contributed by atoms with E-state index >= 15 is 0 Å². The van der Waals surface area contributed by atoms with Crippen LogP contribution in [-0.2, 0) is 6.42 Å². The summed E-state index contributed by atoms with van der Waals surface area (Å²) in [4.78, 5) is 2.11. The number of hydrogen-bond acceptors (Lipinski definition) is 3. The Kier molecular flexibility index (Phi) is 4.73. The van der Waals surface area contributed by atoms with E-state index in [-0.39, 0.29) is 0 Å². The minimum absolute atomic E-state index is 0.411. The average molecular weight is 290 g/mol. The number of nitriles is 1. The molecule has 0 heterocycles. The van der Waals surface area contributed by atoms with Gasteiger partial charge < -0.3 is 4.74 Å².